The first-order chi connectivity index (χ1) is 8.52. The number of anilines is 1. The Morgan fingerprint density at radius 2 is 2.22 bits per heavy atom. The van der Waals surface area contributed by atoms with Crippen LogP contribution in [0.4, 0.5) is 5.69 Å². The Morgan fingerprint density at radius 1 is 1.50 bits per heavy atom. The van der Waals surface area contributed by atoms with Crippen molar-refractivity contribution in [2.75, 3.05) is 25.0 Å². The molecule has 0 aliphatic carbocycles. The summed E-state index contributed by atoms with van der Waals surface area (Å²) in [6, 6.07) is 7.91. The van der Waals surface area contributed by atoms with Crippen LogP contribution in [0.25, 0.3) is 0 Å². The molecule has 100 valence electrons. The van der Waals surface area contributed by atoms with E-state index in [1.54, 1.807) is 0 Å². The van der Waals surface area contributed by atoms with Gasteiger partial charge in [0.05, 0.1) is 13.2 Å². The third kappa shape index (κ3) is 5.32. The molecule has 0 bridgehead atoms. The van der Waals surface area contributed by atoms with Gasteiger partial charge >= 0.3 is 0 Å². The number of carbonyl (C=O) groups is 1. The van der Waals surface area contributed by atoms with E-state index in [0.717, 1.165) is 9.26 Å². The molecule has 0 radical (unpaired) electrons. The highest BCUT2D eigenvalue weighted by Crippen LogP contribution is 2.12. The van der Waals surface area contributed by atoms with E-state index in [0.29, 0.717) is 13.1 Å². The van der Waals surface area contributed by atoms with E-state index < -0.39 is 0 Å². The van der Waals surface area contributed by atoms with Gasteiger partial charge in [-0.05, 0) is 54.6 Å². The van der Waals surface area contributed by atoms with E-state index in [1.807, 2.05) is 43.0 Å². The van der Waals surface area contributed by atoms with E-state index in [1.165, 1.54) is 0 Å². The first-order valence-electron chi connectivity index (χ1n) is 5.93. The molecule has 0 saturated heterocycles. The molecule has 1 rings (SSSR count). The monoisotopic (exact) mass is 362 g/mol. The van der Waals surface area contributed by atoms with Crippen LogP contribution in [0.3, 0.4) is 0 Å². The molecule has 1 aromatic rings. The summed E-state index contributed by atoms with van der Waals surface area (Å²) in [4.78, 5) is 13.8. The van der Waals surface area contributed by atoms with Gasteiger partial charge in [0, 0.05) is 21.8 Å². The van der Waals surface area contributed by atoms with Gasteiger partial charge in [0.25, 0.3) is 0 Å². The number of hydrogen-bond donors (Lipinski definition) is 2. The first kappa shape index (κ1) is 15.4. The summed E-state index contributed by atoms with van der Waals surface area (Å²) in [5.74, 6) is -0.0563. The molecule has 0 aliphatic rings. The maximum Gasteiger partial charge on any atom is 0.238 e. The van der Waals surface area contributed by atoms with Gasteiger partial charge in [0.2, 0.25) is 5.91 Å². The van der Waals surface area contributed by atoms with E-state index in [-0.39, 0.29) is 18.6 Å². The topological polar surface area (TPSA) is 52.6 Å². The second kappa shape index (κ2) is 7.70. The zero-order valence-corrected chi connectivity index (χ0v) is 12.8. The fourth-order valence-corrected chi connectivity index (χ4v) is 2.14. The molecule has 0 spiro atoms. The quantitative estimate of drug-likeness (QED) is 0.761. The molecule has 0 heterocycles. The second-order valence-electron chi connectivity index (χ2n) is 4.35. The van der Waals surface area contributed by atoms with Crippen LogP contribution >= 0.6 is 22.6 Å². The van der Waals surface area contributed by atoms with Crippen molar-refractivity contribution in [1.82, 2.24) is 4.90 Å². The van der Waals surface area contributed by atoms with Crippen molar-refractivity contribution < 1.29 is 9.90 Å². The third-order valence-corrected chi connectivity index (χ3v) is 3.24. The molecule has 0 aliphatic heterocycles. The maximum atomic E-state index is 11.9. The van der Waals surface area contributed by atoms with Crippen LogP contribution in [0, 0.1) is 3.57 Å². The summed E-state index contributed by atoms with van der Waals surface area (Å²) in [6.45, 7) is 4.89. The number of amides is 1. The number of aliphatic hydroxyl groups excluding tert-OH is 1. The van der Waals surface area contributed by atoms with Gasteiger partial charge in [0.1, 0.15) is 0 Å². The standard InChI is InChI=1S/C13H19IN2O2/c1-10(2)16(6-7-17)9-13(18)15-12-5-3-4-11(14)8-12/h3-5,8,10,17H,6-7,9H2,1-2H3,(H,15,18). The molecule has 1 amide bonds. The van der Waals surface area contributed by atoms with Crippen LogP contribution in [0.2, 0.25) is 0 Å². The summed E-state index contributed by atoms with van der Waals surface area (Å²) < 4.78 is 1.08. The molecule has 1 aromatic carbocycles. The molecule has 0 unspecified atom stereocenters. The lowest BCUT2D eigenvalue weighted by molar-refractivity contribution is -0.117. The Bertz CT molecular complexity index is 396. The van der Waals surface area contributed by atoms with E-state index in [2.05, 4.69) is 27.9 Å². The Hall–Kier alpha value is -0.660. The highest BCUT2D eigenvalue weighted by Gasteiger charge is 2.13. The van der Waals surface area contributed by atoms with Gasteiger partial charge in [-0.25, -0.2) is 0 Å². The average molecular weight is 362 g/mol. The van der Waals surface area contributed by atoms with Gasteiger partial charge in [-0.1, -0.05) is 6.07 Å². The van der Waals surface area contributed by atoms with Crippen molar-refractivity contribution in [2.45, 2.75) is 19.9 Å². The fraction of sp³-hybridized carbons (Fsp3) is 0.462. The Kier molecular flexibility index (Phi) is 6.59. The number of nitrogens with one attached hydrogen (secondary N) is 1. The van der Waals surface area contributed by atoms with Crippen molar-refractivity contribution in [3.05, 3.63) is 27.8 Å². The van der Waals surface area contributed by atoms with E-state index >= 15 is 0 Å². The number of nitrogens with zero attached hydrogens (tertiary/aromatic N) is 1. The molecule has 0 aromatic heterocycles. The minimum absolute atomic E-state index is 0.0563. The molecule has 4 nitrogen and oxygen atoms in total. The second-order valence-corrected chi connectivity index (χ2v) is 5.59. The molecule has 5 heteroatoms. The number of hydrogen-bond acceptors (Lipinski definition) is 3. The SMILES string of the molecule is CC(C)N(CCO)CC(=O)Nc1cccc(I)c1. The smallest absolute Gasteiger partial charge is 0.238 e. The normalized spacial score (nSPS) is 11.0. The van der Waals surface area contributed by atoms with Crippen molar-refractivity contribution in [2.24, 2.45) is 0 Å². The van der Waals surface area contributed by atoms with Gasteiger partial charge in [-0.2, -0.15) is 0 Å². The number of halogens is 1. The Labute approximate surface area is 122 Å². The fourth-order valence-electron chi connectivity index (χ4n) is 1.60. The summed E-state index contributed by atoms with van der Waals surface area (Å²) in [5.41, 5.74) is 0.805. The summed E-state index contributed by atoms with van der Waals surface area (Å²) in [5, 5.41) is 11.8. The Morgan fingerprint density at radius 3 is 2.78 bits per heavy atom. The lowest BCUT2D eigenvalue weighted by Crippen LogP contribution is -2.39. The number of rotatable bonds is 6. The predicted molar refractivity (Wildman–Crippen MR) is 81.6 cm³/mol. The Balaban J connectivity index is 2.55. The van der Waals surface area contributed by atoms with Crippen molar-refractivity contribution >= 4 is 34.2 Å². The zero-order valence-electron chi connectivity index (χ0n) is 10.7. The minimum Gasteiger partial charge on any atom is -0.395 e. The summed E-state index contributed by atoms with van der Waals surface area (Å²) in [7, 11) is 0. The number of carbonyl (C=O) groups excluding carboxylic acids is 1. The van der Waals surface area contributed by atoms with Gasteiger partial charge < -0.3 is 10.4 Å². The number of benzene rings is 1. The van der Waals surface area contributed by atoms with Crippen LogP contribution in [-0.4, -0.2) is 41.7 Å². The van der Waals surface area contributed by atoms with Crippen molar-refractivity contribution in [1.29, 1.82) is 0 Å². The van der Waals surface area contributed by atoms with Crippen molar-refractivity contribution in [3.63, 3.8) is 0 Å². The van der Waals surface area contributed by atoms with Crippen LogP contribution < -0.4 is 5.32 Å². The van der Waals surface area contributed by atoms with Gasteiger partial charge in [0.15, 0.2) is 0 Å². The van der Waals surface area contributed by atoms with Crippen LogP contribution in [0.1, 0.15) is 13.8 Å². The van der Waals surface area contributed by atoms with E-state index in [9.17, 15) is 4.79 Å². The zero-order chi connectivity index (χ0) is 13.5. The molecule has 0 saturated carbocycles. The van der Waals surface area contributed by atoms with Crippen LogP contribution in [0.15, 0.2) is 24.3 Å². The van der Waals surface area contributed by atoms with Crippen LogP contribution in [-0.2, 0) is 4.79 Å². The lowest BCUT2D eigenvalue weighted by Gasteiger charge is -2.24. The van der Waals surface area contributed by atoms with E-state index in [4.69, 9.17) is 5.11 Å². The predicted octanol–water partition coefficient (Wildman–Crippen LogP) is 1.93. The molecule has 18 heavy (non-hydrogen) atoms. The third-order valence-electron chi connectivity index (χ3n) is 2.57. The molecular weight excluding hydrogens is 343 g/mol. The highest BCUT2D eigenvalue weighted by molar-refractivity contribution is 14.1. The van der Waals surface area contributed by atoms with Crippen molar-refractivity contribution in [3.8, 4) is 0 Å². The maximum absolute atomic E-state index is 11.9. The summed E-state index contributed by atoms with van der Waals surface area (Å²) >= 11 is 2.21. The molecular formula is C13H19IN2O2. The lowest BCUT2D eigenvalue weighted by atomic mass is 10.3. The first-order valence-corrected chi connectivity index (χ1v) is 7.01. The highest BCUT2D eigenvalue weighted by atomic mass is 127. The molecule has 0 atom stereocenters. The summed E-state index contributed by atoms with van der Waals surface area (Å²) in [6.07, 6.45) is 0. The molecule has 0 fully saturated rings. The average Bonchev–Trinajstić information content (AvgIpc) is 2.28. The molecule has 2 N–H and O–H groups in total. The largest absolute Gasteiger partial charge is 0.395 e. The number of aliphatic hydroxyl groups is 1. The van der Waals surface area contributed by atoms with Gasteiger partial charge in [-0.15, -0.1) is 0 Å². The van der Waals surface area contributed by atoms with Gasteiger partial charge in [-0.3, -0.25) is 9.69 Å². The van der Waals surface area contributed by atoms with Crippen LogP contribution in [0.5, 0.6) is 0 Å². The minimum atomic E-state index is -0.0563.